The molecule has 4 aromatic rings. The number of methoxy groups -OCH3 is 2. The number of pyridine rings is 1. The molecule has 1 aromatic carbocycles. The molecule has 0 spiro atoms. The molecule has 0 bridgehead atoms. The average Bonchev–Trinajstić information content (AvgIpc) is 3.19. The Morgan fingerprint density at radius 1 is 1.04 bits per heavy atom. The molecule has 0 saturated heterocycles. The number of aromatic nitrogens is 4. The van der Waals surface area contributed by atoms with Gasteiger partial charge in [0.1, 0.15) is 5.82 Å². The average molecular weight is 377 g/mol. The van der Waals surface area contributed by atoms with E-state index in [2.05, 4.69) is 15.3 Å². The molecule has 0 aliphatic carbocycles. The number of nitrogens with one attached hydrogen (secondary N) is 1. The molecule has 0 unspecified atom stereocenters. The summed E-state index contributed by atoms with van der Waals surface area (Å²) in [6, 6.07) is 7.26. The van der Waals surface area contributed by atoms with E-state index in [1.54, 1.807) is 32.7 Å². The maximum absolute atomic E-state index is 5.90. The van der Waals surface area contributed by atoms with Gasteiger partial charge in [0, 0.05) is 42.1 Å². The lowest BCUT2D eigenvalue weighted by Crippen LogP contribution is -2.02. The van der Waals surface area contributed by atoms with Gasteiger partial charge in [-0.05, 0) is 18.2 Å². The summed E-state index contributed by atoms with van der Waals surface area (Å²) >= 11 is 0. The van der Waals surface area contributed by atoms with Crippen molar-refractivity contribution in [3.05, 3.63) is 49.1 Å². The summed E-state index contributed by atoms with van der Waals surface area (Å²) in [5, 5.41) is 3.29. The van der Waals surface area contributed by atoms with Crippen molar-refractivity contribution in [1.82, 2.24) is 19.4 Å². The number of hydrogen-bond acceptors (Lipinski definition) is 8. The third-order valence-electron chi connectivity index (χ3n) is 4.27. The molecule has 5 N–H and O–H groups in total. The number of fused-ring (bicyclic) bond motifs is 1. The van der Waals surface area contributed by atoms with Crippen molar-refractivity contribution in [3.63, 3.8) is 0 Å². The van der Waals surface area contributed by atoms with E-state index < -0.39 is 0 Å². The SMILES string of the molecule is COc1ccc(Nc2nc(-c3cnc(N)c(N)c3)cn3ccnc23)cc1OC. The molecule has 0 aliphatic rings. The molecule has 0 amide bonds. The van der Waals surface area contributed by atoms with Crippen LogP contribution in [-0.4, -0.2) is 33.6 Å². The van der Waals surface area contributed by atoms with Gasteiger partial charge in [0.25, 0.3) is 0 Å². The van der Waals surface area contributed by atoms with Gasteiger partial charge in [0.15, 0.2) is 23.0 Å². The molecule has 0 saturated carbocycles. The van der Waals surface area contributed by atoms with Gasteiger partial charge in [-0.3, -0.25) is 0 Å². The number of ether oxygens (including phenoxy) is 2. The van der Waals surface area contributed by atoms with Crippen LogP contribution in [0, 0.1) is 0 Å². The molecule has 0 radical (unpaired) electrons. The summed E-state index contributed by atoms with van der Waals surface area (Å²) < 4.78 is 12.5. The topological polar surface area (TPSA) is 126 Å². The Morgan fingerprint density at radius 3 is 2.61 bits per heavy atom. The van der Waals surface area contributed by atoms with Gasteiger partial charge in [-0.1, -0.05) is 0 Å². The fourth-order valence-electron chi connectivity index (χ4n) is 2.84. The molecule has 4 rings (SSSR count). The Bertz CT molecular complexity index is 1160. The first-order chi connectivity index (χ1) is 13.6. The number of rotatable bonds is 5. The van der Waals surface area contributed by atoms with E-state index in [0.29, 0.717) is 34.3 Å². The summed E-state index contributed by atoms with van der Waals surface area (Å²) in [5.41, 5.74) is 14.9. The molecule has 3 heterocycles. The predicted molar refractivity (Wildman–Crippen MR) is 108 cm³/mol. The highest BCUT2D eigenvalue weighted by Crippen LogP contribution is 2.32. The van der Waals surface area contributed by atoms with Crippen LogP contribution in [0.4, 0.5) is 23.0 Å². The number of nitrogens with zero attached hydrogens (tertiary/aromatic N) is 4. The minimum atomic E-state index is 0.288. The molecule has 9 nitrogen and oxygen atoms in total. The molecule has 0 atom stereocenters. The van der Waals surface area contributed by atoms with Crippen molar-refractivity contribution in [3.8, 4) is 22.8 Å². The Labute approximate surface area is 161 Å². The van der Waals surface area contributed by atoms with Gasteiger partial charge in [-0.25, -0.2) is 15.0 Å². The fourth-order valence-corrected chi connectivity index (χ4v) is 2.84. The van der Waals surface area contributed by atoms with Crippen LogP contribution in [0.25, 0.3) is 16.9 Å². The minimum absolute atomic E-state index is 0.288. The van der Waals surface area contributed by atoms with E-state index in [-0.39, 0.29) is 5.82 Å². The molecule has 142 valence electrons. The van der Waals surface area contributed by atoms with E-state index in [1.807, 2.05) is 35.0 Å². The van der Waals surface area contributed by atoms with Gasteiger partial charge in [0.05, 0.1) is 25.6 Å². The summed E-state index contributed by atoms with van der Waals surface area (Å²) in [7, 11) is 3.18. The van der Waals surface area contributed by atoms with Crippen LogP contribution in [0.2, 0.25) is 0 Å². The van der Waals surface area contributed by atoms with E-state index in [0.717, 1.165) is 11.3 Å². The zero-order chi connectivity index (χ0) is 19.7. The second kappa shape index (κ2) is 6.95. The van der Waals surface area contributed by atoms with E-state index in [1.165, 1.54) is 0 Å². The Balaban J connectivity index is 1.78. The second-order valence-corrected chi connectivity index (χ2v) is 6.03. The molecule has 3 aromatic heterocycles. The van der Waals surface area contributed by atoms with Crippen LogP contribution in [0.3, 0.4) is 0 Å². The van der Waals surface area contributed by atoms with Crippen LogP contribution < -0.4 is 26.3 Å². The Kier molecular flexibility index (Phi) is 4.32. The highest BCUT2D eigenvalue weighted by Gasteiger charge is 2.12. The first kappa shape index (κ1) is 17.4. The summed E-state index contributed by atoms with van der Waals surface area (Å²) in [4.78, 5) is 13.2. The number of imidazole rings is 1. The number of nitrogens with two attached hydrogens (primary N) is 2. The zero-order valence-corrected chi connectivity index (χ0v) is 15.4. The van der Waals surface area contributed by atoms with Crippen LogP contribution >= 0.6 is 0 Å². The Morgan fingerprint density at radius 2 is 1.86 bits per heavy atom. The molecular weight excluding hydrogens is 358 g/mol. The van der Waals surface area contributed by atoms with E-state index in [4.69, 9.17) is 25.9 Å². The lowest BCUT2D eigenvalue weighted by molar-refractivity contribution is 0.355. The monoisotopic (exact) mass is 377 g/mol. The van der Waals surface area contributed by atoms with E-state index in [9.17, 15) is 0 Å². The number of nitrogen functional groups attached to an aromatic ring is 2. The minimum Gasteiger partial charge on any atom is -0.493 e. The molecular formula is C19H19N7O2. The van der Waals surface area contributed by atoms with Crippen LogP contribution in [-0.2, 0) is 0 Å². The summed E-state index contributed by atoms with van der Waals surface area (Å²) in [6.07, 6.45) is 7.04. The van der Waals surface area contributed by atoms with Gasteiger partial charge in [-0.15, -0.1) is 0 Å². The van der Waals surface area contributed by atoms with Crippen LogP contribution in [0.15, 0.2) is 49.1 Å². The van der Waals surface area contributed by atoms with Crippen LogP contribution in [0.5, 0.6) is 11.5 Å². The standard InChI is InChI=1S/C19H19N7O2/c1-27-15-4-3-12(8-16(15)28-2)24-18-19-22-5-6-26(19)10-14(25-18)11-7-13(20)17(21)23-9-11/h3-10H,20H2,1-2H3,(H2,21,23)(H,24,25). The van der Waals surface area contributed by atoms with Gasteiger partial charge in [-0.2, -0.15) is 0 Å². The van der Waals surface area contributed by atoms with Crippen molar-refractivity contribution in [2.45, 2.75) is 0 Å². The third kappa shape index (κ3) is 3.09. The second-order valence-electron chi connectivity index (χ2n) is 6.03. The van der Waals surface area contributed by atoms with Crippen molar-refractivity contribution >= 4 is 28.7 Å². The maximum Gasteiger partial charge on any atom is 0.180 e. The highest BCUT2D eigenvalue weighted by atomic mass is 16.5. The lowest BCUT2D eigenvalue weighted by Gasteiger charge is -2.13. The normalized spacial score (nSPS) is 10.8. The largest absolute Gasteiger partial charge is 0.493 e. The van der Waals surface area contributed by atoms with E-state index >= 15 is 0 Å². The number of anilines is 4. The predicted octanol–water partition coefficient (Wildman–Crippen LogP) is 2.72. The van der Waals surface area contributed by atoms with Gasteiger partial charge in [0.2, 0.25) is 0 Å². The first-order valence-corrected chi connectivity index (χ1v) is 8.43. The number of hydrogen-bond donors (Lipinski definition) is 3. The molecule has 28 heavy (non-hydrogen) atoms. The Hall–Kier alpha value is -4.01. The third-order valence-corrected chi connectivity index (χ3v) is 4.27. The van der Waals surface area contributed by atoms with Crippen LogP contribution in [0.1, 0.15) is 0 Å². The number of benzene rings is 1. The molecule has 9 heteroatoms. The van der Waals surface area contributed by atoms with Gasteiger partial charge < -0.3 is 30.7 Å². The summed E-state index contributed by atoms with van der Waals surface area (Å²) in [5.74, 6) is 2.11. The van der Waals surface area contributed by atoms with Crippen molar-refractivity contribution < 1.29 is 9.47 Å². The fraction of sp³-hybridized carbons (Fsp3) is 0.105. The maximum atomic E-state index is 5.90. The summed E-state index contributed by atoms with van der Waals surface area (Å²) in [6.45, 7) is 0. The smallest absolute Gasteiger partial charge is 0.180 e. The quantitative estimate of drug-likeness (QED) is 0.485. The van der Waals surface area contributed by atoms with Crippen molar-refractivity contribution in [2.75, 3.05) is 31.0 Å². The van der Waals surface area contributed by atoms with Gasteiger partial charge >= 0.3 is 0 Å². The van der Waals surface area contributed by atoms with Crippen molar-refractivity contribution in [1.29, 1.82) is 0 Å². The molecule has 0 aliphatic heterocycles. The van der Waals surface area contributed by atoms with Crippen molar-refractivity contribution in [2.24, 2.45) is 0 Å². The first-order valence-electron chi connectivity index (χ1n) is 8.43. The zero-order valence-electron chi connectivity index (χ0n) is 15.4. The lowest BCUT2D eigenvalue weighted by atomic mass is 10.2. The molecule has 0 fully saturated rings. The highest BCUT2D eigenvalue weighted by molar-refractivity contribution is 5.76.